The number of para-hydroxylation sites is 2. The van der Waals surface area contributed by atoms with E-state index in [0.29, 0.717) is 17.2 Å². The predicted molar refractivity (Wildman–Crippen MR) is 76.9 cm³/mol. The average molecular weight is 290 g/mol. The van der Waals surface area contributed by atoms with Crippen molar-refractivity contribution in [3.63, 3.8) is 0 Å². The number of carboxylic acids is 1. The Balaban J connectivity index is 2.17. The molecule has 0 fully saturated rings. The molecule has 0 aliphatic heterocycles. The molecule has 6 nitrogen and oxygen atoms in total. The number of imidazole rings is 1. The number of nitrogens with zero attached hydrogens (tertiary/aromatic N) is 2. The van der Waals surface area contributed by atoms with Crippen molar-refractivity contribution in [1.29, 1.82) is 0 Å². The first-order valence-corrected chi connectivity index (χ1v) is 6.59. The molecule has 1 aromatic heterocycles. The molecule has 112 valence electrons. The van der Waals surface area contributed by atoms with Gasteiger partial charge in [0.1, 0.15) is 6.61 Å². The van der Waals surface area contributed by atoms with Crippen molar-refractivity contribution in [3.8, 4) is 11.5 Å². The number of hydrogen-bond donors (Lipinski definition) is 1. The second-order valence-corrected chi connectivity index (χ2v) is 4.80. The molecular formula is C15H18N2O4. The minimum Gasteiger partial charge on any atom is -0.493 e. The molecule has 21 heavy (non-hydrogen) atoms. The number of hydrogen-bond acceptors (Lipinski definition) is 4. The molecule has 0 spiro atoms. The zero-order valence-electron chi connectivity index (χ0n) is 12.2. The van der Waals surface area contributed by atoms with Gasteiger partial charge in [-0.05, 0) is 26.0 Å². The fourth-order valence-electron chi connectivity index (χ4n) is 1.96. The third-order valence-electron chi connectivity index (χ3n) is 2.97. The van der Waals surface area contributed by atoms with Gasteiger partial charge in [0.15, 0.2) is 11.5 Å². The summed E-state index contributed by atoms with van der Waals surface area (Å²) in [5.41, 5.74) is 0.562. The first-order chi connectivity index (χ1) is 10.0. The molecule has 2 aromatic rings. The van der Waals surface area contributed by atoms with E-state index in [2.05, 4.69) is 4.98 Å². The lowest BCUT2D eigenvalue weighted by molar-refractivity contribution is 0.0676. The minimum absolute atomic E-state index is 0.0172. The summed E-state index contributed by atoms with van der Waals surface area (Å²) in [4.78, 5) is 15.3. The zero-order valence-corrected chi connectivity index (χ0v) is 12.2. The zero-order chi connectivity index (χ0) is 15.4. The van der Waals surface area contributed by atoms with Crippen molar-refractivity contribution in [3.05, 3.63) is 42.0 Å². The Labute approximate surface area is 122 Å². The van der Waals surface area contributed by atoms with Crippen molar-refractivity contribution >= 4 is 5.97 Å². The van der Waals surface area contributed by atoms with E-state index in [1.54, 1.807) is 30.0 Å². The van der Waals surface area contributed by atoms with E-state index in [-0.39, 0.29) is 18.5 Å². The van der Waals surface area contributed by atoms with E-state index in [0.717, 1.165) is 0 Å². The van der Waals surface area contributed by atoms with Crippen LogP contribution in [0.4, 0.5) is 0 Å². The number of ether oxygens (including phenoxy) is 2. The second-order valence-electron chi connectivity index (χ2n) is 4.80. The van der Waals surface area contributed by atoms with Gasteiger partial charge in [-0.2, -0.15) is 0 Å². The van der Waals surface area contributed by atoms with Crippen LogP contribution < -0.4 is 9.47 Å². The topological polar surface area (TPSA) is 73.6 Å². The summed E-state index contributed by atoms with van der Waals surface area (Å²) in [5, 5.41) is 9.15. The largest absolute Gasteiger partial charge is 0.493 e. The van der Waals surface area contributed by atoms with Crippen molar-refractivity contribution in [2.75, 3.05) is 7.11 Å². The third kappa shape index (κ3) is 3.34. The molecule has 6 heteroatoms. The number of rotatable bonds is 6. The van der Waals surface area contributed by atoms with Crippen molar-refractivity contribution in [2.24, 2.45) is 0 Å². The summed E-state index contributed by atoms with van der Waals surface area (Å²) in [6.07, 6.45) is 1.70. The highest BCUT2D eigenvalue weighted by molar-refractivity contribution is 5.83. The Kier molecular flexibility index (Phi) is 4.47. The molecule has 1 heterocycles. The van der Waals surface area contributed by atoms with Crippen molar-refractivity contribution in [2.45, 2.75) is 26.5 Å². The third-order valence-corrected chi connectivity index (χ3v) is 2.97. The molecule has 0 unspecified atom stereocenters. The number of methoxy groups -OCH3 is 1. The van der Waals surface area contributed by atoms with Crippen LogP contribution in [0.1, 0.15) is 36.2 Å². The van der Waals surface area contributed by atoms with Crippen LogP contribution in [0.15, 0.2) is 30.5 Å². The SMILES string of the molecule is COc1ccccc1OCc1cn(C(C)C)c(C(=O)O)n1. The molecule has 2 rings (SSSR count). The summed E-state index contributed by atoms with van der Waals surface area (Å²) >= 11 is 0. The van der Waals surface area contributed by atoms with E-state index in [9.17, 15) is 4.79 Å². The summed E-state index contributed by atoms with van der Waals surface area (Å²) < 4.78 is 12.5. The number of aromatic carboxylic acids is 1. The van der Waals surface area contributed by atoms with E-state index in [4.69, 9.17) is 14.6 Å². The summed E-state index contributed by atoms with van der Waals surface area (Å²) in [7, 11) is 1.57. The molecule has 0 aliphatic carbocycles. The Morgan fingerprint density at radius 2 is 2.00 bits per heavy atom. The Morgan fingerprint density at radius 3 is 2.52 bits per heavy atom. The first kappa shape index (κ1) is 14.9. The Morgan fingerprint density at radius 1 is 1.33 bits per heavy atom. The maximum Gasteiger partial charge on any atom is 0.372 e. The highest BCUT2D eigenvalue weighted by Crippen LogP contribution is 2.26. The standard InChI is InChI=1S/C15H18N2O4/c1-10(2)17-8-11(16-14(17)15(18)19)9-21-13-7-5-4-6-12(13)20-3/h4-8,10H,9H2,1-3H3,(H,18,19). The van der Waals surface area contributed by atoms with Crippen LogP contribution in [0.2, 0.25) is 0 Å². The molecule has 0 aliphatic rings. The molecule has 0 radical (unpaired) electrons. The van der Waals surface area contributed by atoms with Crippen LogP contribution in [-0.4, -0.2) is 27.7 Å². The van der Waals surface area contributed by atoms with Crippen LogP contribution in [0.3, 0.4) is 0 Å². The van der Waals surface area contributed by atoms with Gasteiger partial charge in [-0.3, -0.25) is 0 Å². The lowest BCUT2D eigenvalue weighted by atomic mass is 10.3. The van der Waals surface area contributed by atoms with Gasteiger partial charge in [0.25, 0.3) is 0 Å². The smallest absolute Gasteiger partial charge is 0.372 e. The van der Waals surface area contributed by atoms with Crippen LogP contribution in [-0.2, 0) is 6.61 Å². The molecular weight excluding hydrogens is 272 g/mol. The van der Waals surface area contributed by atoms with Gasteiger partial charge in [-0.25, -0.2) is 9.78 Å². The molecule has 1 aromatic carbocycles. The van der Waals surface area contributed by atoms with Crippen LogP contribution >= 0.6 is 0 Å². The maximum absolute atomic E-state index is 11.2. The second kappa shape index (κ2) is 6.30. The number of benzene rings is 1. The van der Waals surface area contributed by atoms with Crippen molar-refractivity contribution < 1.29 is 19.4 Å². The maximum atomic E-state index is 11.2. The lowest BCUT2D eigenvalue weighted by Crippen LogP contribution is -2.10. The molecule has 1 N–H and O–H groups in total. The van der Waals surface area contributed by atoms with Crippen molar-refractivity contribution in [1.82, 2.24) is 9.55 Å². The number of aromatic nitrogens is 2. The molecule has 0 atom stereocenters. The van der Waals surface area contributed by atoms with Gasteiger partial charge < -0.3 is 19.1 Å². The van der Waals surface area contributed by atoms with Crippen LogP contribution in [0.25, 0.3) is 0 Å². The first-order valence-electron chi connectivity index (χ1n) is 6.59. The van der Waals surface area contributed by atoms with Crippen LogP contribution in [0, 0.1) is 0 Å². The van der Waals surface area contributed by atoms with E-state index >= 15 is 0 Å². The molecule has 0 bridgehead atoms. The monoisotopic (exact) mass is 290 g/mol. The fraction of sp³-hybridized carbons (Fsp3) is 0.333. The summed E-state index contributed by atoms with van der Waals surface area (Å²) in [5.74, 6) is 0.186. The quantitative estimate of drug-likeness (QED) is 0.885. The fourth-order valence-corrected chi connectivity index (χ4v) is 1.96. The van der Waals surface area contributed by atoms with E-state index in [1.165, 1.54) is 0 Å². The van der Waals surface area contributed by atoms with Gasteiger partial charge in [0.2, 0.25) is 5.82 Å². The Hall–Kier alpha value is -2.50. The summed E-state index contributed by atoms with van der Waals surface area (Å²) in [6.45, 7) is 3.98. The highest BCUT2D eigenvalue weighted by Gasteiger charge is 2.17. The predicted octanol–water partition coefficient (Wildman–Crippen LogP) is 2.75. The van der Waals surface area contributed by atoms with Gasteiger partial charge >= 0.3 is 5.97 Å². The van der Waals surface area contributed by atoms with E-state index < -0.39 is 5.97 Å². The lowest BCUT2D eigenvalue weighted by Gasteiger charge is -2.09. The summed E-state index contributed by atoms with van der Waals surface area (Å²) in [6, 6.07) is 7.29. The average Bonchev–Trinajstić information content (AvgIpc) is 2.90. The number of carbonyl (C=O) groups is 1. The molecule has 0 amide bonds. The normalized spacial score (nSPS) is 10.7. The molecule has 0 saturated heterocycles. The van der Waals surface area contributed by atoms with Gasteiger partial charge in [-0.1, -0.05) is 12.1 Å². The van der Waals surface area contributed by atoms with E-state index in [1.807, 2.05) is 26.0 Å². The Bertz CT molecular complexity index is 634. The molecule has 0 saturated carbocycles. The minimum atomic E-state index is -1.05. The number of carboxylic acid groups (broad SMARTS) is 1. The van der Waals surface area contributed by atoms with Gasteiger partial charge in [-0.15, -0.1) is 0 Å². The highest BCUT2D eigenvalue weighted by atomic mass is 16.5. The van der Waals surface area contributed by atoms with Gasteiger partial charge in [0.05, 0.1) is 12.8 Å². The van der Waals surface area contributed by atoms with Crippen LogP contribution in [0.5, 0.6) is 11.5 Å². The van der Waals surface area contributed by atoms with Gasteiger partial charge in [0, 0.05) is 12.2 Å².